The maximum absolute atomic E-state index is 12.3. The molecule has 1 N–H and O–H groups in total. The Morgan fingerprint density at radius 1 is 1.00 bits per heavy atom. The summed E-state index contributed by atoms with van der Waals surface area (Å²) < 4.78 is 0. The van der Waals surface area contributed by atoms with E-state index in [1.807, 2.05) is 4.90 Å². The van der Waals surface area contributed by atoms with Gasteiger partial charge < -0.3 is 4.90 Å². The first-order valence-electron chi connectivity index (χ1n) is 7.85. The topological polar surface area (TPSA) is 49.4 Å². The number of nitrogens with zero attached hydrogens (tertiary/aromatic N) is 1. The van der Waals surface area contributed by atoms with Gasteiger partial charge in [-0.2, -0.15) is 0 Å². The van der Waals surface area contributed by atoms with Crippen molar-refractivity contribution in [2.75, 3.05) is 6.54 Å². The number of urea groups is 1. The Morgan fingerprint density at radius 2 is 1.63 bits per heavy atom. The van der Waals surface area contributed by atoms with Crippen molar-refractivity contribution in [2.24, 2.45) is 5.92 Å². The van der Waals surface area contributed by atoms with E-state index in [0.717, 1.165) is 32.2 Å². The summed E-state index contributed by atoms with van der Waals surface area (Å²) in [5, 5.41) is 2.58. The molecule has 0 aromatic carbocycles. The van der Waals surface area contributed by atoms with E-state index in [4.69, 9.17) is 0 Å². The first-order chi connectivity index (χ1) is 9.22. The van der Waals surface area contributed by atoms with Crippen molar-refractivity contribution in [2.45, 2.75) is 69.7 Å². The van der Waals surface area contributed by atoms with Crippen LogP contribution in [0.1, 0.15) is 64.2 Å². The highest BCUT2D eigenvalue weighted by molar-refractivity contribution is 6.07. The number of imide groups is 1. The van der Waals surface area contributed by atoms with Crippen LogP contribution in [0.25, 0.3) is 0 Å². The fraction of sp³-hybridized carbons (Fsp3) is 0.867. The summed E-state index contributed by atoms with van der Waals surface area (Å²) in [7, 11) is 0. The lowest BCUT2D eigenvalue weighted by Gasteiger charge is -2.36. The third kappa shape index (κ3) is 2.26. The Labute approximate surface area is 114 Å². The zero-order valence-corrected chi connectivity index (χ0v) is 11.6. The van der Waals surface area contributed by atoms with E-state index in [0.29, 0.717) is 5.92 Å². The van der Waals surface area contributed by atoms with Crippen LogP contribution in [-0.4, -0.2) is 28.9 Å². The molecule has 1 spiro atoms. The molecule has 0 atom stereocenters. The molecule has 0 aromatic heterocycles. The number of nitrogens with one attached hydrogen (secondary N) is 1. The van der Waals surface area contributed by atoms with Crippen LogP contribution in [0.4, 0.5) is 4.79 Å². The van der Waals surface area contributed by atoms with Gasteiger partial charge in [0, 0.05) is 6.54 Å². The van der Waals surface area contributed by atoms with E-state index in [-0.39, 0.29) is 11.9 Å². The number of amides is 3. The third-order valence-electron chi connectivity index (χ3n) is 5.25. The predicted molar refractivity (Wildman–Crippen MR) is 72.6 cm³/mol. The highest BCUT2D eigenvalue weighted by Crippen LogP contribution is 2.38. The molecule has 0 bridgehead atoms. The highest BCUT2D eigenvalue weighted by Gasteiger charge is 2.52. The van der Waals surface area contributed by atoms with Crippen LogP contribution in [0.15, 0.2) is 0 Å². The van der Waals surface area contributed by atoms with Crippen LogP contribution < -0.4 is 5.32 Å². The van der Waals surface area contributed by atoms with Crippen molar-refractivity contribution >= 4 is 11.9 Å². The molecule has 2 aliphatic carbocycles. The van der Waals surface area contributed by atoms with Crippen LogP contribution in [0, 0.1) is 5.92 Å². The van der Waals surface area contributed by atoms with Crippen molar-refractivity contribution in [1.29, 1.82) is 0 Å². The van der Waals surface area contributed by atoms with E-state index in [1.165, 1.54) is 38.5 Å². The second-order valence-electron chi connectivity index (χ2n) is 6.47. The summed E-state index contributed by atoms with van der Waals surface area (Å²) in [6, 6.07) is -0.140. The highest BCUT2D eigenvalue weighted by atomic mass is 16.2. The zero-order chi connectivity index (χ0) is 13.3. The average Bonchev–Trinajstić information content (AvgIpc) is 2.87. The van der Waals surface area contributed by atoms with Gasteiger partial charge in [-0.25, -0.2) is 4.79 Å². The minimum absolute atomic E-state index is 0.0302. The lowest BCUT2D eigenvalue weighted by Crippen LogP contribution is -2.50. The number of carbonyl (C=O) groups is 2. The molecule has 4 nitrogen and oxygen atoms in total. The average molecular weight is 264 g/mol. The number of hydrogen-bond donors (Lipinski definition) is 1. The van der Waals surface area contributed by atoms with Crippen molar-refractivity contribution in [3.05, 3.63) is 0 Å². The van der Waals surface area contributed by atoms with Crippen molar-refractivity contribution in [1.82, 2.24) is 10.2 Å². The first kappa shape index (κ1) is 12.9. The van der Waals surface area contributed by atoms with Crippen molar-refractivity contribution < 1.29 is 9.59 Å². The largest absolute Gasteiger partial charge is 0.325 e. The Balaban J connectivity index is 1.80. The van der Waals surface area contributed by atoms with Crippen molar-refractivity contribution in [3.8, 4) is 0 Å². The second-order valence-corrected chi connectivity index (χ2v) is 6.47. The molecular weight excluding hydrogens is 240 g/mol. The summed E-state index contributed by atoms with van der Waals surface area (Å²) in [5.74, 6) is 0.578. The zero-order valence-electron chi connectivity index (χ0n) is 11.6. The molecule has 2 saturated carbocycles. The van der Waals surface area contributed by atoms with Crippen LogP contribution in [0.2, 0.25) is 0 Å². The molecule has 3 aliphatic rings. The maximum atomic E-state index is 12.3. The Kier molecular flexibility index (Phi) is 3.50. The van der Waals surface area contributed by atoms with Gasteiger partial charge in [0.2, 0.25) is 0 Å². The molecule has 3 amide bonds. The fourth-order valence-electron chi connectivity index (χ4n) is 4.12. The smallest absolute Gasteiger partial charge is 0.309 e. The molecule has 106 valence electrons. The van der Waals surface area contributed by atoms with Crippen LogP contribution in [0.3, 0.4) is 0 Å². The van der Waals surface area contributed by atoms with Gasteiger partial charge in [-0.15, -0.1) is 0 Å². The van der Waals surface area contributed by atoms with Crippen LogP contribution >= 0.6 is 0 Å². The van der Waals surface area contributed by atoms with Gasteiger partial charge in [0.25, 0.3) is 5.91 Å². The molecule has 3 rings (SSSR count). The van der Waals surface area contributed by atoms with E-state index in [9.17, 15) is 9.59 Å². The van der Waals surface area contributed by atoms with E-state index < -0.39 is 5.54 Å². The molecule has 1 heterocycles. The van der Waals surface area contributed by atoms with Gasteiger partial charge in [-0.05, 0) is 31.6 Å². The van der Waals surface area contributed by atoms with E-state index in [1.54, 1.807) is 0 Å². The molecule has 19 heavy (non-hydrogen) atoms. The normalized spacial score (nSPS) is 27.9. The monoisotopic (exact) mass is 264 g/mol. The van der Waals surface area contributed by atoms with E-state index >= 15 is 0 Å². The minimum atomic E-state index is -0.504. The molecule has 0 unspecified atom stereocenters. The molecule has 0 aromatic rings. The maximum Gasteiger partial charge on any atom is 0.325 e. The van der Waals surface area contributed by atoms with Gasteiger partial charge in [0.05, 0.1) is 0 Å². The second kappa shape index (κ2) is 5.14. The molecule has 1 aliphatic heterocycles. The van der Waals surface area contributed by atoms with Gasteiger partial charge in [-0.1, -0.05) is 38.5 Å². The molecule has 0 radical (unpaired) electrons. The fourth-order valence-corrected chi connectivity index (χ4v) is 4.12. The van der Waals surface area contributed by atoms with Crippen LogP contribution in [-0.2, 0) is 4.79 Å². The van der Waals surface area contributed by atoms with Crippen molar-refractivity contribution in [3.63, 3.8) is 0 Å². The third-order valence-corrected chi connectivity index (χ3v) is 5.25. The summed E-state index contributed by atoms with van der Waals surface area (Å²) in [6.45, 7) is 0.789. The molecule has 1 saturated heterocycles. The Hall–Kier alpha value is -1.06. The number of rotatable bonds is 2. The molecular formula is C15H24N2O2. The van der Waals surface area contributed by atoms with Gasteiger partial charge in [-0.3, -0.25) is 10.1 Å². The van der Waals surface area contributed by atoms with Gasteiger partial charge in [0.15, 0.2) is 0 Å². The van der Waals surface area contributed by atoms with Gasteiger partial charge in [0.1, 0.15) is 5.54 Å². The SMILES string of the molecule is O=C1NC(=O)C2(CCCCCC2)N1CC1CCCC1. The van der Waals surface area contributed by atoms with E-state index in [2.05, 4.69) is 5.32 Å². The summed E-state index contributed by atoms with van der Waals surface area (Å²) in [6.07, 6.45) is 11.2. The standard InChI is InChI=1S/C15H24N2O2/c18-13-15(9-5-1-2-6-10-15)17(14(19)16-13)11-12-7-3-4-8-12/h12H,1-11H2,(H,16,18,19). The molecule has 4 heteroatoms. The lowest BCUT2D eigenvalue weighted by molar-refractivity contribution is -0.127. The lowest BCUT2D eigenvalue weighted by atomic mass is 9.88. The number of carbonyl (C=O) groups excluding carboxylic acids is 2. The minimum Gasteiger partial charge on any atom is -0.309 e. The number of hydrogen-bond acceptors (Lipinski definition) is 2. The van der Waals surface area contributed by atoms with Crippen LogP contribution in [0.5, 0.6) is 0 Å². The summed E-state index contributed by atoms with van der Waals surface area (Å²) in [5.41, 5.74) is -0.504. The quantitative estimate of drug-likeness (QED) is 0.780. The first-order valence-corrected chi connectivity index (χ1v) is 7.85. The predicted octanol–water partition coefficient (Wildman–Crippen LogP) is 2.82. The summed E-state index contributed by atoms with van der Waals surface area (Å²) >= 11 is 0. The Morgan fingerprint density at radius 3 is 2.26 bits per heavy atom. The summed E-state index contributed by atoms with van der Waals surface area (Å²) in [4.78, 5) is 26.4. The van der Waals surface area contributed by atoms with Gasteiger partial charge >= 0.3 is 6.03 Å². The molecule has 3 fully saturated rings. The Bertz CT molecular complexity index is 366.